The van der Waals surface area contributed by atoms with Gasteiger partial charge < -0.3 is 30.4 Å². The average Bonchev–Trinajstić information content (AvgIpc) is 3.15. The number of halogens is 1. The summed E-state index contributed by atoms with van der Waals surface area (Å²) in [5.41, 5.74) is 8.40. The summed E-state index contributed by atoms with van der Waals surface area (Å²) in [6.07, 6.45) is 4.28. The van der Waals surface area contributed by atoms with Gasteiger partial charge >= 0.3 is 12.1 Å². The maximum atomic E-state index is 13.8. The fourth-order valence-electron chi connectivity index (χ4n) is 6.78. The summed E-state index contributed by atoms with van der Waals surface area (Å²) in [6.45, 7) is 2.53. The minimum atomic E-state index is -0.889. The van der Waals surface area contributed by atoms with Gasteiger partial charge in [-0.2, -0.15) is 0 Å². The zero-order chi connectivity index (χ0) is 29.9. The van der Waals surface area contributed by atoms with E-state index in [2.05, 4.69) is 45.1 Å². The molecule has 5 rings (SSSR count). The van der Waals surface area contributed by atoms with E-state index in [1.165, 1.54) is 0 Å². The number of rotatable bonds is 7. The topological polar surface area (TPSA) is 111 Å². The predicted octanol–water partition coefficient (Wildman–Crippen LogP) is 4.53. The number of piperidine rings is 2. The SMILES string of the molecule is CN(C)C1CCN([C@]2(CC=O)C[C@H](N3CCc4ccccc4NC3=O)CCN2C(=O)OCc2ccc(N)c(Br)c2)CC1. The van der Waals surface area contributed by atoms with Crippen molar-refractivity contribution in [3.05, 3.63) is 58.1 Å². The molecule has 2 atom stereocenters. The van der Waals surface area contributed by atoms with Gasteiger partial charge in [0, 0.05) is 67.0 Å². The van der Waals surface area contributed by atoms with E-state index in [1.54, 1.807) is 11.0 Å². The molecule has 0 aliphatic carbocycles. The Balaban J connectivity index is 1.40. The molecule has 3 aliphatic heterocycles. The number of para-hydroxylation sites is 1. The third kappa shape index (κ3) is 6.28. The monoisotopic (exact) mass is 640 g/mol. The molecule has 0 aromatic heterocycles. The standard InChI is InChI=1S/C31H41BrN6O4/c1-35(2)24-10-14-36(15-11-24)31(13-18-39)20-25(37-16-9-23-5-3-4-6-28(23)34-29(37)40)12-17-38(31)30(41)42-21-22-7-8-27(33)26(32)19-22/h3-8,18-19,24-25H,9-17,20-21,33H2,1-2H3,(H,34,40)/t25-,31+/m1/s1. The molecular weight excluding hydrogens is 600 g/mol. The summed E-state index contributed by atoms with van der Waals surface area (Å²) >= 11 is 3.44. The largest absolute Gasteiger partial charge is 0.445 e. The Hall–Kier alpha value is -3.15. The van der Waals surface area contributed by atoms with Crippen molar-refractivity contribution in [2.45, 2.75) is 62.9 Å². The summed E-state index contributed by atoms with van der Waals surface area (Å²) < 4.78 is 6.60. The highest BCUT2D eigenvalue weighted by molar-refractivity contribution is 9.10. The minimum Gasteiger partial charge on any atom is -0.445 e. The van der Waals surface area contributed by atoms with Crippen LogP contribution in [0.2, 0.25) is 0 Å². The normalized spacial score (nSPS) is 23.7. The van der Waals surface area contributed by atoms with E-state index in [4.69, 9.17) is 10.5 Å². The van der Waals surface area contributed by atoms with Crippen molar-refractivity contribution >= 4 is 45.7 Å². The first kappa shape index (κ1) is 30.3. The number of hydrogen-bond donors (Lipinski definition) is 2. The second kappa shape index (κ2) is 13.0. The number of anilines is 2. The van der Waals surface area contributed by atoms with Crippen LogP contribution in [-0.4, -0.2) is 96.0 Å². The maximum Gasteiger partial charge on any atom is 0.411 e. The van der Waals surface area contributed by atoms with Crippen molar-refractivity contribution in [2.24, 2.45) is 0 Å². The molecule has 42 heavy (non-hydrogen) atoms. The molecule has 2 fully saturated rings. The van der Waals surface area contributed by atoms with Gasteiger partial charge in [0.1, 0.15) is 18.6 Å². The Morgan fingerprint density at radius 2 is 1.90 bits per heavy atom. The summed E-state index contributed by atoms with van der Waals surface area (Å²) in [4.78, 5) is 47.8. The van der Waals surface area contributed by atoms with E-state index in [0.29, 0.717) is 37.7 Å². The highest BCUT2D eigenvalue weighted by Crippen LogP contribution is 2.39. The molecule has 226 valence electrons. The lowest BCUT2D eigenvalue weighted by molar-refractivity contribution is -0.128. The number of ether oxygens (including phenoxy) is 1. The molecule has 0 radical (unpaired) electrons. The number of benzene rings is 2. The Morgan fingerprint density at radius 1 is 1.14 bits per heavy atom. The zero-order valence-electron chi connectivity index (χ0n) is 24.4. The van der Waals surface area contributed by atoms with E-state index in [-0.39, 0.29) is 25.1 Å². The number of hydrogen-bond acceptors (Lipinski definition) is 7. The van der Waals surface area contributed by atoms with Gasteiger partial charge in [0.15, 0.2) is 0 Å². The van der Waals surface area contributed by atoms with Crippen LogP contribution >= 0.6 is 15.9 Å². The van der Waals surface area contributed by atoms with E-state index in [0.717, 1.165) is 59.9 Å². The van der Waals surface area contributed by atoms with Gasteiger partial charge in [-0.1, -0.05) is 24.3 Å². The van der Waals surface area contributed by atoms with Crippen molar-refractivity contribution in [1.29, 1.82) is 0 Å². The number of carbonyl (C=O) groups is 3. The van der Waals surface area contributed by atoms with Crippen LogP contribution in [0.4, 0.5) is 21.0 Å². The van der Waals surface area contributed by atoms with Crippen LogP contribution in [0.25, 0.3) is 0 Å². The fraction of sp³-hybridized carbons (Fsp3) is 0.516. The number of amides is 3. The maximum absolute atomic E-state index is 13.8. The van der Waals surface area contributed by atoms with E-state index < -0.39 is 11.8 Å². The quantitative estimate of drug-likeness (QED) is 0.338. The molecule has 2 saturated heterocycles. The molecule has 11 heteroatoms. The minimum absolute atomic E-state index is 0.0876. The smallest absolute Gasteiger partial charge is 0.411 e. The van der Waals surface area contributed by atoms with Gasteiger partial charge in [0.05, 0.1) is 0 Å². The summed E-state index contributed by atoms with van der Waals surface area (Å²) in [5, 5.41) is 3.09. The first-order valence-corrected chi connectivity index (χ1v) is 15.5. The van der Waals surface area contributed by atoms with Crippen molar-refractivity contribution in [1.82, 2.24) is 19.6 Å². The van der Waals surface area contributed by atoms with Gasteiger partial charge in [-0.25, -0.2) is 9.59 Å². The number of likely N-dealkylation sites (tertiary alicyclic amines) is 2. The number of nitrogens with zero attached hydrogens (tertiary/aromatic N) is 4. The molecule has 3 heterocycles. The molecular formula is C31H41BrN6O4. The molecule has 0 bridgehead atoms. The molecule has 10 nitrogen and oxygen atoms in total. The van der Waals surface area contributed by atoms with Crippen molar-refractivity contribution in [3.63, 3.8) is 0 Å². The number of nitrogen functional groups attached to an aromatic ring is 1. The second-order valence-corrected chi connectivity index (χ2v) is 12.6. The van der Waals surface area contributed by atoms with Crippen LogP contribution in [0.5, 0.6) is 0 Å². The molecule has 0 spiro atoms. The van der Waals surface area contributed by atoms with Crippen molar-refractivity contribution in [2.75, 3.05) is 51.3 Å². The molecule has 2 aromatic rings. The third-order valence-electron chi connectivity index (χ3n) is 9.17. The molecule has 0 saturated carbocycles. The van der Waals surface area contributed by atoms with Gasteiger partial charge in [-0.15, -0.1) is 0 Å². The third-order valence-corrected chi connectivity index (χ3v) is 9.86. The Kier molecular flexibility index (Phi) is 9.39. The van der Waals surface area contributed by atoms with Crippen LogP contribution < -0.4 is 11.1 Å². The van der Waals surface area contributed by atoms with Crippen LogP contribution in [0.15, 0.2) is 46.9 Å². The van der Waals surface area contributed by atoms with E-state index >= 15 is 0 Å². The number of urea groups is 1. The average molecular weight is 642 g/mol. The van der Waals surface area contributed by atoms with Crippen LogP contribution in [0, 0.1) is 0 Å². The Morgan fingerprint density at radius 3 is 2.62 bits per heavy atom. The Bertz CT molecular complexity index is 1300. The molecule has 0 unspecified atom stereocenters. The molecule has 3 amide bonds. The lowest BCUT2D eigenvalue weighted by Crippen LogP contribution is -2.69. The second-order valence-electron chi connectivity index (χ2n) is 11.8. The van der Waals surface area contributed by atoms with Crippen LogP contribution in [0.1, 0.15) is 43.2 Å². The molecule has 3 N–H and O–H groups in total. The van der Waals surface area contributed by atoms with Gasteiger partial charge in [-0.05, 0) is 85.0 Å². The van der Waals surface area contributed by atoms with Gasteiger partial charge in [0.25, 0.3) is 0 Å². The van der Waals surface area contributed by atoms with Crippen molar-refractivity contribution in [3.8, 4) is 0 Å². The number of nitrogens with two attached hydrogens (primary N) is 1. The molecule has 3 aliphatic rings. The first-order valence-electron chi connectivity index (χ1n) is 14.7. The summed E-state index contributed by atoms with van der Waals surface area (Å²) in [7, 11) is 4.18. The highest BCUT2D eigenvalue weighted by atomic mass is 79.9. The number of nitrogens with one attached hydrogen (secondary N) is 1. The lowest BCUT2D eigenvalue weighted by atomic mass is 9.84. The Labute approximate surface area is 256 Å². The van der Waals surface area contributed by atoms with Gasteiger partial charge in [0.2, 0.25) is 0 Å². The molecule has 2 aromatic carbocycles. The van der Waals surface area contributed by atoms with Gasteiger partial charge in [-0.3, -0.25) is 9.80 Å². The van der Waals surface area contributed by atoms with Crippen LogP contribution in [-0.2, 0) is 22.6 Å². The fourth-order valence-corrected chi connectivity index (χ4v) is 7.21. The highest BCUT2D eigenvalue weighted by Gasteiger charge is 2.51. The van der Waals surface area contributed by atoms with Crippen molar-refractivity contribution < 1.29 is 19.1 Å². The van der Waals surface area contributed by atoms with Crippen LogP contribution in [0.3, 0.4) is 0 Å². The zero-order valence-corrected chi connectivity index (χ0v) is 26.0. The number of aldehydes is 1. The van der Waals surface area contributed by atoms with E-state index in [1.807, 2.05) is 41.3 Å². The summed E-state index contributed by atoms with van der Waals surface area (Å²) in [6, 6.07) is 13.5. The summed E-state index contributed by atoms with van der Waals surface area (Å²) in [5.74, 6) is 0. The first-order chi connectivity index (χ1) is 20.2. The number of fused-ring (bicyclic) bond motifs is 1. The predicted molar refractivity (Wildman–Crippen MR) is 166 cm³/mol. The van der Waals surface area contributed by atoms with E-state index in [9.17, 15) is 14.4 Å². The number of carbonyl (C=O) groups excluding carboxylic acids is 3. The lowest BCUT2D eigenvalue weighted by Gasteiger charge is -2.56.